The van der Waals surface area contributed by atoms with Crippen LogP contribution in [0.1, 0.15) is 0 Å². The first kappa shape index (κ1) is 1.85. The van der Waals surface area contributed by atoms with Crippen molar-refractivity contribution in [3.8, 4) is 0 Å². The predicted octanol–water partition coefficient (Wildman–Crippen LogP) is 0.198. The Labute approximate surface area is 30.9 Å². The number of hydrogen-bond acceptors (Lipinski definition) is 1. The zero-order valence-electron chi connectivity index (χ0n) is 2.89. The first-order valence-electron chi connectivity index (χ1n) is 1.91. The first-order valence-corrected chi connectivity index (χ1v) is 1.91. The summed E-state index contributed by atoms with van der Waals surface area (Å²) in [4.78, 5) is 2.29. The maximum Gasteiger partial charge on any atom is 0.0660 e. The molecule has 5 heavy (non-hydrogen) atoms. The van der Waals surface area contributed by atoms with Gasteiger partial charge in [0.25, 0.3) is 0 Å². The lowest BCUT2D eigenvalue weighted by Crippen LogP contribution is -1.97. The van der Waals surface area contributed by atoms with Crippen LogP contribution < -0.4 is 0 Å². The van der Waals surface area contributed by atoms with Crippen LogP contribution in [0.25, 0.3) is 0 Å². The quantitative estimate of drug-likeness (QED) is 0.366. The van der Waals surface area contributed by atoms with Crippen molar-refractivity contribution < 1.29 is 0 Å². The van der Waals surface area contributed by atoms with Crippen molar-refractivity contribution in [2.45, 2.75) is 6.04 Å². The SMILES string of the molecule is C1=CN2CC12. The highest BCUT2D eigenvalue weighted by molar-refractivity contribution is 5.19. The van der Waals surface area contributed by atoms with Crippen molar-refractivity contribution in [2.75, 3.05) is 6.54 Å². The average Bonchev–Trinajstić information content (AvgIpc) is 1.74. The van der Waals surface area contributed by atoms with Crippen molar-refractivity contribution in [3.63, 3.8) is 0 Å². The van der Waals surface area contributed by atoms with Gasteiger partial charge in [0, 0.05) is 6.54 Å². The Balaban J connectivity index is 2.46. The second-order valence-corrected chi connectivity index (χ2v) is 1.61. The summed E-state index contributed by atoms with van der Waals surface area (Å²) in [6, 6.07) is 0.884. The lowest BCUT2D eigenvalue weighted by molar-refractivity contribution is 0.672. The summed E-state index contributed by atoms with van der Waals surface area (Å²) in [7, 11) is 0. The third kappa shape index (κ3) is 0.0756. The van der Waals surface area contributed by atoms with Crippen LogP contribution in [-0.4, -0.2) is 17.5 Å². The molecule has 1 heteroatoms. The number of fused-ring (bicyclic) bond motifs is 1. The van der Waals surface area contributed by atoms with Gasteiger partial charge in [-0.15, -0.1) is 0 Å². The highest BCUT2D eigenvalue weighted by Crippen LogP contribution is 2.26. The highest BCUT2D eigenvalue weighted by atomic mass is 15.3. The van der Waals surface area contributed by atoms with Gasteiger partial charge in [-0.05, 0) is 12.3 Å². The second kappa shape index (κ2) is 0.313. The van der Waals surface area contributed by atoms with Crippen molar-refractivity contribution in [1.29, 1.82) is 0 Å². The Kier molecular flexibility index (Phi) is 0.116. The van der Waals surface area contributed by atoms with E-state index in [0.717, 1.165) is 6.04 Å². The minimum Gasteiger partial charge on any atom is -0.367 e. The second-order valence-electron chi connectivity index (χ2n) is 1.61. The fraction of sp³-hybridized carbons (Fsp3) is 0.500. The Morgan fingerprint density at radius 3 is 2.60 bits per heavy atom. The smallest absolute Gasteiger partial charge is 0.0660 e. The number of nitrogens with zero attached hydrogens (tertiary/aromatic N) is 1. The van der Waals surface area contributed by atoms with Crippen LogP contribution in [0.4, 0.5) is 0 Å². The van der Waals surface area contributed by atoms with E-state index in [-0.39, 0.29) is 0 Å². The minimum atomic E-state index is 0.884. The molecule has 1 saturated heterocycles. The summed E-state index contributed by atoms with van der Waals surface area (Å²) in [5.41, 5.74) is 0. The standard InChI is InChI=1S/C4H5N/c1-2-5-3-4(1)5/h1-2,4H,3H2. The fourth-order valence-electron chi connectivity index (χ4n) is 0.620. The topological polar surface area (TPSA) is 3.01 Å². The molecule has 0 aromatic heterocycles. The summed E-state index contributed by atoms with van der Waals surface area (Å²) < 4.78 is 0. The molecule has 1 fully saturated rings. The van der Waals surface area contributed by atoms with Gasteiger partial charge in [0.1, 0.15) is 0 Å². The fourth-order valence-corrected chi connectivity index (χ4v) is 0.620. The largest absolute Gasteiger partial charge is 0.367 e. The van der Waals surface area contributed by atoms with Crippen LogP contribution in [0.15, 0.2) is 12.3 Å². The molecular formula is C4H5N. The Morgan fingerprint density at radius 2 is 2.60 bits per heavy atom. The van der Waals surface area contributed by atoms with E-state index in [4.69, 9.17) is 0 Å². The molecular weight excluding hydrogens is 62.1 g/mol. The van der Waals surface area contributed by atoms with Crippen molar-refractivity contribution >= 4 is 0 Å². The van der Waals surface area contributed by atoms with Gasteiger partial charge in [0.05, 0.1) is 6.04 Å². The van der Waals surface area contributed by atoms with Crippen LogP contribution in [-0.2, 0) is 0 Å². The van der Waals surface area contributed by atoms with E-state index in [1.165, 1.54) is 6.54 Å². The van der Waals surface area contributed by atoms with E-state index in [2.05, 4.69) is 17.2 Å². The molecule has 26 valence electrons. The third-order valence-electron chi connectivity index (χ3n) is 1.19. The normalized spacial score (nSPS) is 40.0. The molecule has 0 bridgehead atoms. The van der Waals surface area contributed by atoms with Crippen LogP contribution in [0, 0.1) is 0 Å². The molecule has 2 aliphatic rings. The number of rotatable bonds is 0. The molecule has 2 rings (SSSR count). The van der Waals surface area contributed by atoms with E-state index in [1.807, 2.05) is 0 Å². The van der Waals surface area contributed by atoms with Gasteiger partial charge in [-0.25, -0.2) is 0 Å². The molecule has 0 radical (unpaired) electrons. The Bertz CT molecular complexity index is 75.6. The molecule has 0 N–H and O–H groups in total. The van der Waals surface area contributed by atoms with E-state index in [9.17, 15) is 0 Å². The molecule has 0 aromatic carbocycles. The van der Waals surface area contributed by atoms with Crippen LogP contribution >= 0.6 is 0 Å². The monoisotopic (exact) mass is 67.0 g/mol. The summed E-state index contributed by atoms with van der Waals surface area (Å²) in [6.07, 6.45) is 4.35. The third-order valence-corrected chi connectivity index (χ3v) is 1.19. The van der Waals surface area contributed by atoms with Crippen molar-refractivity contribution in [2.24, 2.45) is 0 Å². The molecule has 0 aromatic rings. The summed E-state index contributed by atoms with van der Waals surface area (Å²) in [6.45, 7) is 1.31. The van der Waals surface area contributed by atoms with Crippen molar-refractivity contribution in [3.05, 3.63) is 12.3 Å². The van der Waals surface area contributed by atoms with E-state index in [0.29, 0.717) is 0 Å². The molecule has 0 spiro atoms. The lowest BCUT2D eigenvalue weighted by atomic mass is 10.4. The van der Waals surface area contributed by atoms with E-state index >= 15 is 0 Å². The molecule has 1 atom stereocenters. The van der Waals surface area contributed by atoms with Gasteiger partial charge in [0.15, 0.2) is 0 Å². The van der Waals surface area contributed by atoms with Gasteiger partial charge >= 0.3 is 0 Å². The van der Waals surface area contributed by atoms with Gasteiger partial charge < -0.3 is 4.90 Å². The molecule has 1 unspecified atom stereocenters. The first-order chi connectivity index (χ1) is 2.47. The molecule has 0 amide bonds. The molecule has 1 nitrogen and oxygen atoms in total. The molecule has 0 aliphatic carbocycles. The van der Waals surface area contributed by atoms with Crippen LogP contribution in [0.5, 0.6) is 0 Å². The van der Waals surface area contributed by atoms with Crippen LogP contribution in [0.3, 0.4) is 0 Å². The maximum atomic E-state index is 2.29. The van der Waals surface area contributed by atoms with Crippen molar-refractivity contribution in [1.82, 2.24) is 4.90 Å². The summed E-state index contributed by atoms with van der Waals surface area (Å²) in [5.74, 6) is 0. The van der Waals surface area contributed by atoms with Gasteiger partial charge in [0.2, 0.25) is 0 Å². The number of hydrogen-bond donors (Lipinski definition) is 0. The summed E-state index contributed by atoms with van der Waals surface area (Å²) >= 11 is 0. The molecule has 2 aliphatic heterocycles. The molecule has 2 heterocycles. The Morgan fingerprint density at radius 1 is 1.80 bits per heavy atom. The van der Waals surface area contributed by atoms with Gasteiger partial charge in [-0.1, -0.05) is 0 Å². The molecule has 0 saturated carbocycles. The Hall–Kier alpha value is -0.460. The minimum absolute atomic E-state index is 0.884. The van der Waals surface area contributed by atoms with Gasteiger partial charge in [-0.3, -0.25) is 0 Å². The zero-order valence-corrected chi connectivity index (χ0v) is 2.89. The maximum absolute atomic E-state index is 2.29. The predicted molar refractivity (Wildman–Crippen MR) is 19.6 cm³/mol. The van der Waals surface area contributed by atoms with Gasteiger partial charge in [-0.2, -0.15) is 0 Å². The summed E-state index contributed by atoms with van der Waals surface area (Å²) in [5, 5.41) is 0. The highest BCUT2D eigenvalue weighted by Gasteiger charge is 2.34. The van der Waals surface area contributed by atoms with E-state index in [1.54, 1.807) is 0 Å². The zero-order chi connectivity index (χ0) is 3.28. The average molecular weight is 67.1 g/mol. The lowest BCUT2D eigenvalue weighted by Gasteiger charge is -1.98. The van der Waals surface area contributed by atoms with Crippen LogP contribution in [0.2, 0.25) is 0 Å². The van der Waals surface area contributed by atoms with E-state index < -0.39 is 0 Å².